The highest BCUT2D eigenvalue weighted by atomic mass is 32.1. The van der Waals surface area contributed by atoms with Crippen molar-refractivity contribution in [3.05, 3.63) is 65.7 Å². The third-order valence-corrected chi connectivity index (χ3v) is 5.79. The Morgan fingerprint density at radius 2 is 1.76 bits per heavy atom. The molecule has 0 spiro atoms. The molecule has 0 aromatic heterocycles. The second-order valence-electron chi connectivity index (χ2n) is 8.59. The first-order valence-electron chi connectivity index (χ1n) is 11.4. The molecule has 2 aromatic rings. The van der Waals surface area contributed by atoms with Crippen molar-refractivity contribution in [1.82, 2.24) is 5.32 Å². The number of para-hydroxylation sites is 1. The second kappa shape index (κ2) is 14.1. The summed E-state index contributed by atoms with van der Waals surface area (Å²) in [6.45, 7) is 6.47. The number of amides is 1. The first kappa shape index (κ1) is 26.9. The van der Waals surface area contributed by atoms with Gasteiger partial charge in [0.15, 0.2) is 6.54 Å². The number of carbonyl (C=O) groups excluding carboxylic acids is 1. The average molecular weight is 473 g/mol. The van der Waals surface area contributed by atoms with Crippen molar-refractivity contribution in [2.75, 3.05) is 50.0 Å². The largest absolute Gasteiger partial charge is 0.395 e. The zero-order valence-corrected chi connectivity index (χ0v) is 20.6. The Hall–Kier alpha value is -2.32. The number of aliphatic hydroxyl groups excluding tert-OH is 2. The van der Waals surface area contributed by atoms with Gasteiger partial charge in [-0.25, -0.2) is 0 Å². The number of anilines is 1. The number of hydrogen-bond acceptors (Lipinski definition) is 5. The van der Waals surface area contributed by atoms with Gasteiger partial charge in [-0.2, -0.15) is 12.6 Å². The molecule has 0 radical (unpaired) electrons. The van der Waals surface area contributed by atoms with Crippen LogP contribution in [0.5, 0.6) is 0 Å². The number of nitrogens with zero attached hydrogens (tertiary/aromatic N) is 1. The van der Waals surface area contributed by atoms with Crippen LogP contribution in [0.1, 0.15) is 31.4 Å². The molecule has 0 bridgehead atoms. The number of nitrogens with one attached hydrogen (secondary N) is 1. The van der Waals surface area contributed by atoms with Gasteiger partial charge in [-0.1, -0.05) is 56.3 Å². The highest BCUT2D eigenvalue weighted by Crippen LogP contribution is 2.31. The average Bonchev–Trinajstić information content (AvgIpc) is 2.82. The van der Waals surface area contributed by atoms with Crippen LogP contribution >= 0.6 is 12.6 Å². The summed E-state index contributed by atoms with van der Waals surface area (Å²) in [7, 11) is 0. The van der Waals surface area contributed by atoms with Gasteiger partial charge in [0.05, 0.1) is 13.2 Å². The molecule has 0 saturated carbocycles. The van der Waals surface area contributed by atoms with E-state index in [2.05, 4.69) is 56.1 Å². The fourth-order valence-corrected chi connectivity index (χ4v) is 3.88. The van der Waals surface area contributed by atoms with E-state index in [0.717, 1.165) is 23.4 Å². The van der Waals surface area contributed by atoms with Crippen molar-refractivity contribution < 1.29 is 20.3 Å². The Labute approximate surface area is 203 Å². The fraction of sp³-hybridized carbons (Fsp3) is 0.423. The molecular formula is C26H38N3O3S+. The van der Waals surface area contributed by atoms with Crippen LogP contribution in [0.2, 0.25) is 0 Å². The number of hydrogen-bond donors (Lipinski definition) is 5. The van der Waals surface area contributed by atoms with Crippen LogP contribution < -0.4 is 15.5 Å². The van der Waals surface area contributed by atoms with Gasteiger partial charge in [0.25, 0.3) is 5.91 Å². The first-order chi connectivity index (χ1) is 15.9. The van der Waals surface area contributed by atoms with Gasteiger partial charge in [0.2, 0.25) is 0 Å². The molecule has 0 fully saturated rings. The molecule has 0 aliphatic heterocycles. The lowest BCUT2D eigenvalue weighted by Crippen LogP contribution is -2.81. The number of benzene rings is 2. The number of allylic oxidation sites excluding steroid dienone is 1. The fourth-order valence-electron chi connectivity index (χ4n) is 3.77. The smallest absolute Gasteiger partial charge is 0.275 e. The molecule has 5 N–H and O–H groups in total. The number of quaternary nitrogens is 1. The molecule has 7 heteroatoms. The topological polar surface area (TPSA) is 89.4 Å². The SMILES string of the molecule is CC(C)(C/C=C/c1ccc(N(CCO)CCO)cc1)c1ccccc1[NH2+]CC(=O)NCCS. The molecule has 180 valence electrons. The molecule has 0 aliphatic rings. The van der Waals surface area contributed by atoms with Gasteiger partial charge in [-0.15, -0.1) is 0 Å². The van der Waals surface area contributed by atoms with Crippen LogP contribution in [0.4, 0.5) is 11.4 Å². The molecule has 6 nitrogen and oxygen atoms in total. The zero-order valence-electron chi connectivity index (χ0n) is 19.7. The summed E-state index contributed by atoms with van der Waals surface area (Å²) < 4.78 is 0. The number of thiol groups is 1. The molecule has 0 saturated heterocycles. The van der Waals surface area contributed by atoms with Crippen LogP contribution in [0.15, 0.2) is 54.6 Å². The number of carbonyl (C=O) groups is 1. The number of rotatable bonds is 14. The van der Waals surface area contributed by atoms with Crippen LogP contribution in [0.3, 0.4) is 0 Å². The summed E-state index contributed by atoms with van der Waals surface area (Å²) in [6, 6.07) is 16.4. The van der Waals surface area contributed by atoms with E-state index in [9.17, 15) is 15.0 Å². The van der Waals surface area contributed by atoms with Gasteiger partial charge in [0.1, 0.15) is 5.69 Å². The van der Waals surface area contributed by atoms with Gasteiger partial charge in [-0.3, -0.25) is 4.79 Å². The predicted molar refractivity (Wildman–Crippen MR) is 139 cm³/mol. The monoisotopic (exact) mass is 472 g/mol. The summed E-state index contributed by atoms with van der Waals surface area (Å²) in [6.07, 6.45) is 5.15. The van der Waals surface area contributed by atoms with E-state index in [1.165, 1.54) is 5.56 Å². The predicted octanol–water partition coefficient (Wildman–Crippen LogP) is 2.10. The quantitative estimate of drug-likeness (QED) is 0.215. The Bertz CT molecular complexity index is 879. The van der Waals surface area contributed by atoms with E-state index < -0.39 is 0 Å². The summed E-state index contributed by atoms with van der Waals surface area (Å²) >= 11 is 4.13. The molecule has 0 heterocycles. The van der Waals surface area contributed by atoms with Gasteiger partial charge in [-0.05, 0) is 35.6 Å². The van der Waals surface area contributed by atoms with E-state index in [1.807, 2.05) is 46.6 Å². The van der Waals surface area contributed by atoms with Crippen molar-refractivity contribution in [1.29, 1.82) is 0 Å². The minimum atomic E-state index is -0.0931. The Morgan fingerprint density at radius 3 is 2.39 bits per heavy atom. The van der Waals surface area contributed by atoms with Crippen molar-refractivity contribution in [3.8, 4) is 0 Å². The lowest BCUT2D eigenvalue weighted by atomic mass is 9.80. The maximum absolute atomic E-state index is 12.0. The van der Waals surface area contributed by atoms with Crippen molar-refractivity contribution in [2.24, 2.45) is 0 Å². The highest BCUT2D eigenvalue weighted by molar-refractivity contribution is 7.80. The van der Waals surface area contributed by atoms with Crippen molar-refractivity contribution in [3.63, 3.8) is 0 Å². The summed E-state index contributed by atoms with van der Waals surface area (Å²) in [4.78, 5) is 13.9. The molecular weight excluding hydrogens is 434 g/mol. The van der Waals surface area contributed by atoms with Gasteiger partial charge >= 0.3 is 0 Å². The molecule has 2 rings (SSSR count). The third-order valence-electron chi connectivity index (χ3n) is 5.57. The Morgan fingerprint density at radius 1 is 1.09 bits per heavy atom. The van der Waals surface area contributed by atoms with Crippen LogP contribution in [0, 0.1) is 0 Å². The second-order valence-corrected chi connectivity index (χ2v) is 9.03. The lowest BCUT2D eigenvalue weighted by molar-refractivity contribution is -0.560. The van der Waals surface area contributed by atoms with Crippen LogP contribution in [-0.2, 0) is 10.2 Å². The van der Waals surface area contributed by atoms with E-state index in [4.69, 9.17) is 0 Å². The highest BCUT2D eigenvalue weighted by Gasteiger charge is 2.24. The first-order valence-corrected chi connectivity index (χ1v) is 12.1. The molecule has 2 aromatic carbocycles. The molecule has 33 heavy (non-hydrogen) atoms. The standard InChI is InChI=1S/C26H37N3O3S/c1-26(2,23-7-3-4-8-24(23)28-20-25(32)27-14-19-33)13-5-6-21-9-11-22(12-10-21)29(15-17-30)16-18-31/h3-12,28,30-31,33H,13-20H2,1-2H3,(H,27,32)/p+1/b6-5+. The molecule has 0 atom stereocenters. The Balaban J connectivity index is 2.02. The van der Waals surface area contributed by atoms with E-state index in [-0.39, 0.29) is 24.5 Å². The molecule has 1 amide bonds. The summed E-state index contributed by atoms with van der Waals surface area (Å²) in [5, 5.41) is 23.3. The lowest BCUT2D eigenvalue weighted by Gasteiger charge is -2.25. The van der Waals surface area contributed by atoms with E-state index >= 15 is 0 Å². The maximum atomic E-state index is 12.0. The van der Waals surface area contributed by atoms with Crippen molar-refractivity contribution >= 4 is 36.0 Å². The van der Waals surface area contributed by atoms with Gasteiger partial charge < -0.3 is 25.7 Å². The number of nitrogens with two attached hydrogens (primary N) is 1. The minimum absolute atomic E-state index is 0.0107. The summed E-state index contributed by atoms with van der Waals surface area (Å²) in [5.74, 6) is 0.644. The van der Waals surface area contributed by atoms with Crippen molar-refractivity contribution in [2.45, 2.75) is 25.7 Å². The normalized spacial score (nSPS) is 11.7. The van der Waals surface area contributed by atoms with Crippen LogP contribution in [-0.4, -0.2) is 61.3 Å². The Kier molecular flexibility index (Phi) is 11.5. The van der Waals surface area contributed by atoms with Crippen LogP contribution in [0.25, 0.3) is 6.08 Å². The van der Waals surface area contributed by atoms with Gasteiger partial charge in [0, 0.05) is 36.6 Å². The number of aliphatic hydroxyl groups is 2. The minimum Gasteiger partial charge on any atom is -0.395 e. The maximum Gasteiger partial charge on any atom is 0.275 e. The third kappa shape index (κ3) is 8.85. The summed E-state index contributed by atoms with van der Waals surface area (Å²) in [5.41, 5.74) is 4.30. The van der Waals surface area contributed by atoms with E-state index in [0.29, 0.717) is 31.9 Å². The molecule has 0 unspecified atom stereocenters. The zero-order chi connectivity index (χ0) is 24.1. The molecule has 0 aliphatic carbocycles. The van der Waals surface area contributed by atoms with E-state index in [1.54, 1.807) is 0 Å².